The number of hydrogen-bond donors (Lipinski definition) is 2. The Bertz CT molecular complexity index is 813. The van der Waals surface area contributed by atoms with E-state index in [1.807, 2.05) is 48.2 Å². The molecular weight excluding hydrogens is 390 g/mol. The number of halogens is 1. The lowest BCUT2D eigenvalue weighted by atomic mass is 10.1. The molecule has 0 unspecified atom stereocenters. The van der Waals surface area contributed by atoms with Gasteiger partial charge in [-0.05, 0) is 49.2 Å². The van der Waals surface area contributed by atoms with E-state index in [2.05, 4.69) is 10.6 Å². The Hall–Kier alpha value is -2.57. The molecule has 0 bridgehead atoms. The maximum atomic E-state index is 12.4. The predicted octanol–water partition coefficient (Wildman–Crippen LogP) is 3.36. The lowest BCUT2D eigenvalue weighted by molar-refractivity contribution is -0.123. The Morgan fingerprint density at radius 2 is 1.83 bits per heavy atom. The van der Waals surface area contributed by atoms with Gasteiger partial charge in [-0.25, -0.2) is 0 Å². The number of rotatable bonds is 11. The van der Waals surface area contributed by atoms with Crippen molar-refractivity contribution >= 4 is 29.1 Å². The normalized spacial score (nSPS) is 10.6. The van der Waals surface area contributed by atoms with Crippen molar-refractivity contribution in [2.75, 3.05) is 38.6 Å². The first-order chi connectivity index (χ1) is 14.0. The summed E-state index contributed by atoms with van der Waals surface area (Å²) in [4.78, 5) is 26.6. The van der Waals surface area contributed by atoms with Crippen LogP contribution in [0.15, 0.2) is 48.5 Å². The number of nitrogens with one attached hydrogen (secondary N) is 2. The van der Waals surface area contributed by atoms with Gasteiger partial charge in [-0.1, -0.05) is 42.8 Å². The predicted molar refractivity (Wildman–Crippen MR) is 117 cm³/mol. The smallest absolute Gasteiger partial charge is 0.238 e. The number of benzene rings is 2. The number of carbonyl (C=O) groups is 2. The molecule has 29 heavy (non-hydrogen) atoms. The minimum Gasteiger partial charge on any atom is -0.495 e. The molecule has 0 aliphatic heterocycles. The van der Waals surface area contributed by atoms with Crippen LogP contribution < -0.4 is 15.4 Å². The van der Waals surface area contributed by atoms with E-state index in [1.54, 1.807) is 19.2 Å². The van der Waals surface area contributed by atoms with Gasteiger partial charge in [-0.2, -0.15) is 0 Å². The van der Waals surface area contributed by atoms with Crippen LogP contribution in [0.25, 0.3) is 0 Å². The average molecular weight is 418 g/mol. The highest BCUT2D eigenvalue weighted by atomic mass is 35.5. The molecule has 2 N–H and O–H groups in total. The number of nitrogens with zero attached hydrogens (tertiary/aromatic N) is 1. The Labute approximate surface area is 177 Å². The molecule has 0 aliphatic carbocycles. The van der Waals surface area contributed by atoms with Gasteiger partial charge in [0.1, 0.15) is 5.75 Å². The Morgan fingerprint density at radius 1 is 1.07 bits per heavy atom. The van der Waals surface area contributed by atoms with Crippen molar-refractivity contribution in [3.05, 3.63) is 59.1 Å². The summed E-state index contributed by atoms with van der Waals surface area (Å²) in [5, 5.41) is 6.43. The number of para-hydroxylation sites is 2. The van der Waals surface area contributed by atoms with Crippen molar-refractivity contribution in [1.29, 1.82) is 0 Å². The van der Waals surface area contributed by atoms with Crippen molar-refractivity contribution in [1.82, 2.24) is 10.2 Å². The molecule has 2 rings (SSSR count). The van der Waals surface area contributed by atoms with Gasteiger partial charge in [0, 0.05) is 11.6 Å². The summed E-state index contributed by atoms with van der Waals surface area (Å²) in [6.45, 7) is 3.49. The number of amides is 2. The SMILES string of the molecule is CCCN(CC(=O)NCCc1cccc(Cl)c1)CC(=O)Nc1ccccc1OC. The summed E-state index contributed by atoms with van der Waals surface area (Å²) in [6.07, 6.45) is 1.55. The van der Waals surface area contributed by atoms with Crippen LogP contribution in [-0.2, 0) is 16.0 Å². The third kappa shape index (κ3) is 8.13. The number of hydrogen-bond acceptors (Lipinski definition) is 4. The quantitative estimate of drug-likeness (QED) is 0.588. The van der Waals surface area contributed by atoms with E-state index in [0.717, 1.165) is 12.0 Å². The van der Waals surface area contributed by atoms with Gasteiger partial charge < -0.3 is 15.4 Å². The van der Waals surface area contributed by atoms with Gasteiger partial charge >= 0.3 is 0 Å². The standard InChI is InChI=1S/C22H28ClN3O3/c1-3-13-26(16-22(28)25-19-9-4-5-10-20(19)29-2)15-21(27)24-12-11-17-7-6-8-18(23)14-17/h4-10,14H,3,11-13,15-16H2,1-2H3,(H,24,27)(H,25,28). The second-order valence-electron chi connectivity index (χ2n) is 6.69. The summed E-state index contributed by atoms with van der Waals surface area (Å²) < 4.78 is 5.25. The van der Waals surface area contributed by atoms with Crippen LogP contribution in [0.3, 0.4) is 0 Å². The Kier molecular flexibility index (Phi) is 9.47. The first kappa shape index (κ1) is 22.7. The van der Waals surface area contributed by atoms with Gasteiger partial charge in [0.15, 0.2) is 0 Å². The molecule has 0 saturated heterocycles. The van der Waals surface area contributed by atoms with E-state index in [9.17, 15) is 9.59 Å². The minimum atomic E-state index is -0.185. The van der Waals surface area contributed by atoms with Crippen molar-refractivity contribution in [3.63, 3.8) is 0 Å². The second-order valence-corrected chi connectivity index (χ2v) is 7.13. The summed E-state index contributed by atoms with van der Waals surface area (Å²) in [5.41, 5.74) is 1.68. The number of carbonyl (C=O) groups excluding carboxylic acids is 2. The maximum Gasteiger partial charge on any atom is 0.238 e. The molecule has 7 heteroatoms. The lowest BCUT2D eigenvalue weighted by Crippen LogP contribution is -2.42. The highest BCUT2D eigenvalue weighted by molar-refractivity contribution is 6.30. The zero-order valence-electron chi connectivity index (χ0n) is 16.9. The van der Waals surface area contributed by atoms with Crippen LogP contribution >= 0.6 is 11.6 Å². The molecule has 0 fully saturated rings. The van der Waals surface area contributed by atoms with Crippen LogP contribution in [0, 0.1) is 0 Å². The van der Waals surface area contributed by atoms with Gasteiger partial charge in [0.2, 0.25) is 11.8 Å². The molecule has 0 aromatic heterocycles. The fourth-order valence-corrected chi connectivity index (χ4v) is 3.18. The molecule has 0 saturated carbocycles. The van der Waals surface area contributed by atoms with Gasteiger partial charge in [-0.3, -0.25) is 14.5 Å². The van der Waals surface area contributed by atoms with E-state index in [4.69, 9.17) is 16.3 Å². The number of ether oxygens (including phenoxy) is 1. The fourth-order valence-electron chi connectivity index (χ4n) is 2.97. The summed E-state index contributed by atoms with van der Waals surface area (Å²) in [7, 11) is 1.56. The molecule has 156 valence electrons. The zero-order chi connectivity index (χ0) is 21.1. The lowest BCUT2D eigenvalue weighted by Gasteiger charge is -2.21. The highest BCUT2D eigenvalue weighted by Gasteiger charge is 2.15. The molecule has 2 amide bonds. The Morgan fingerprint density at radius 3 is 2.55 bits per heavy atom. The zero-order valence-corrected chi connectivity index (χ0v) is 17.7. The molecule has 6 nitrogen and oxygen atoms in total. The first-order valence-corrected chi connectivity index (χ1v) is 10.1. The monoisotopic (exact) mass is 417 g/mol. The molecule has 2 aromatic rings. The third-order valence-electron chi connectivity index (χ3n) is 4.28. The first-order valence-electron chi connectivity index (χ1n) is 9.68. The highest BCUT2D eigenvalue weighted by Crippen LogP contribution is 2.22. The summed E-state index contributed by atoms with van der Waals surface area (Å²) >= 11 is 5.98. The third-order valence-corrected chi connectivity index (χ3v) is 4.52. The van der Waals surface area contributed by atoms with Crippen LogP contribution in [0.5, 0.6) is 5.75 Å². The van der Waals surface area contributed by atoms with Gasteiger partial charge in [-0.15, -0.1) is 0 Å². The van der Waals surface area contributed by atoms with Crippen LogP contribution in [0.4, 0.5) is 5.69 Å². The van der Waals surface area contributed by atoms with Crippen molar-refractivity contribution in [2.24, 2.45) is 0 Å². The largest absolute Gasteiger partial charge is 0.495 e. The Balaban J connectivity index is 1.81. The van der Waals surface area contributed by atoms with E-state index in [1.165, 1.54) is 0 Å². The van der Waals surface area contributed by atoms with Crippen molar-refractivity contribution in [3.8, 4) is 5.75 Å². The van der Waals surface area contributed by atoms with Gasteiger partial charge in [0.25, 0.3) is 0 Å². The molecule has 0 heterocycles. The van der Waals surface area contributed by atoms with E-state index in [-0.39, 0.29) is 24.9 Å². The molecule has 0 aliphatic rings. The molecule has 0 atom stereocenters. The number of anilines is 1. The number of methoxy groups -OCH3 is 1. The molecule has 0 radical (unpaired) electrons. The minimum absolute atomic E-state index is 0.106. The maximum absolute atomic E-state index is 12.4. The average Bonchev–Trinajstić information content (AvgIpc) is 2.68. The van der Waals surface area contributed by atoms with E-state index >= 15 is 0 Å². The fraction of sp³-hybridized carbons (Fsp3) is 0.364. The summed E-state index contributed by atoms with van der Waals surface area (Å²) in [6, 6.07) is 14.8. The van der Waals surface area contributed by atoms with Gasteiger partial charge in [0.05, 0.1) is 25.9 Å². The van der Waals surface area contributed by atoms with E-state index < -0.39 is 0 Å². The summed E-state index contributed by atoms with van der Waals surface area (Å²) in [5.74, 6) is 0.307. The van der Waals surface area contributed by atoms with Crippen LogP contribution in [0.1, 0.15) is 18.9 Å². The molecule has 2 aromatic carbocycles. The van der Waals surface area contributed by atoms with Crippen molar-refractivity contribution in [2.45, 2.75) is 19.8 Å². The van der Waals surface area contributed by atoms with Crippen LogP contribution in [0.2, 0.25) is 5.02 Å². The second kappa shape index (κ2) is 12.1. The topological polar surface area (TPSA) is 70.7 Å². The van der Waals surface area contributed by atoms with E-state index in [0.29, 0.717) is 36.0 Å². The molecule has 0 spiro atoms. The van der Waals surface area contributed by atoms with Crippen LogP contribution in [-0.4, -0.2) is 50.0 Å². The molecular formula is C22H28ClN3O3. The van der Waals surface area contributed by atoms with Crippen molar-refractivity contribution < 1.29 is 14.3 Å².